The Labute approximate surface area is 157 Å². The van der Waals surface area contributed by atoms with Crippen molar-refractivity contribution in [3.8, 4) is 11.3 Å². The van der Waals surface area contributed by atoms with Gasteiger partial charge in [0.2, 0.25) is 0 Å². The molecule has 0 atom stereocenters. The minimum absolute atomic E-state index is 0.177. The SMILES string of the molecule is Cc1nccn1CCCNC(=O)c1cc(-c2ccc(S(C)(=O)=O)cc2)on1. The molecule has 0 saturated carbocycles. The van der Waals surface area contributed by atoms with Gasteiger partial charge in [0.1, 0.15) is 5.82 Å². The lowest BCUT2D eigenvalue weighted by molar-refractivity contribution is 0.0943. The van der Waals surface area contributed by atoms with Gasteiger partial charge in [0, 0.05) is 43.4 Å². The van der Waals surface area contributed by atoms with Crippen molar-refractivity contribution < 1.29 is 17.7 Å². The first-order valence-corrected chi connectivity index (χ1v) is 10.3. The van der Waals surface area contributed by atoms with Crippen LogP contribution in [0.3, 0.4) is 0 Å². The van der Waals surface area contributed by atoms with E-state index in [2.05, 4.69) is 15.5 Å². The molecule has 142 valence electrons. The molecule has 1 amide bonds. The second kappa shape index (κ2) is 7.75. The fourth-order valence-corrected chi connectivity index (χ4v) is 3.20. The molecule has 0 aliphatic heterocycles. The molecule has 2 heterocycles. The minimum atomic E-state index is -3.26. The number of aromatic nitrogens is 3. The van der Waals surface area contributed by atoms with Gasteiger partial charge in [-0.1, -0.05) is 5.16 Å². The Hall–Kier alpha value is -2.94. The van der Waals surface area contributed by atoms with Gasteiger partial charge in [-0.3, -0.25) is 4.79 Å². The van der Waals surface area contributed by atoms with Crippen molar-refractivity contribution >= 4 is 15.7 Å². The highest BCUT2D eigenvalue weighted by Gasteiger charge is 2.14. The lowest BCUT2D eigenvalue weighted by Crippen LogP contribution is -2.25. The maximum Gasteiger partial charge on any atom is 0.273 e. The zero-order chi connectivity index (χ0) is 19.4. The van der Waals surface area contributed by atoms with E-state index in [-0.39, 0.29) is 16.5 Å². The molecule has 0 radical (unpaired) electrons. The highest BCUT2D eigenvalue weighted by molar-refractivity contribution is 7.90. The van der Waals surface area contributed by atoms with E-state index >= 15 is 0 Å². The van der Waals surface area contributed by atoms with Crippen molar-refractivity contribution in [3.05, 3.63) is 54.2 Å². The van der Waals surface area contributed by atoms with E-state index in [0.29, 0.717) is 17.9 Å². The van der Waals surface area contributed by atoms with Crippen LogP contribution in [0.1, 0.15) is 22.7 Å². The quantitative estimate of drug-likeness (QED) is 0.621. The molecule has 0 unspecified atom stereocenters. The fraction of sp³-hybridized carbons (Fsp3) is 0.278. The molecule has 3 aromatic rings. The Morgan fingerprint density at radius 2 is 2.00 bits per heavy atom. The number of rotatable bonds is 7. The number of aryl methyl sites for hydroxylation is 2. The molecule has 0 spiro atoms. The zero-order valence-electron chi connectivity index (χ0n) is 15.0. The Morgan fingerprint density at radius 3 is 2.63 bits per heavy atom. The normalized spacial score (nSPS) is 11.5. The van der Waals surface area contributed by atoms with Crippen LogP contribution in [0.5, 0.6) is 0 Å². The number of carbonyl (C=O) groups is 1. The molecular weight excluding hydrogens is 368 g/mol. The molecular formula is C18H20N4O4S. The second-order valence-corrected chi connectivity index (χ2v) is 8.17. The predicted octanol–water partition coefficient (Wildman–Crippen LogP) is 2.07. The molecule has 27 heavy (non-hydrogen) atoms. The first-order valence-electron chi connectivity index (χ1n) is 8.38. The third-order valence-electron chi connectivity index (χ3n) is 4.09. The average molecular weight is 388 g/mol. The molecule has 0 bridgehead atoms. The molecule has 0 saturated heterocycles. The van der Waals surface area contributed by atoms with Gasteiger partial charge in [-0.05, 0) is 37.6 Å². The first-order chi connectivity index (χ1) is 12.8. The number of amides is 1. The lowest BCUT2D eigenvalue weighted by atomic mass is 10.1. The van der Waals surface area contributed by atoms with E-state index in [4.69, 9.17) is 4.52 Å². The van der Waals surface area contributed by atoms with Gasteiger partial charge in [0.15, 0.2) is 21.3 Å². The van der Waals surface area contributed by atoms with Gasteiger partial charge >= 0.3 is 0 Å². The van der Waals surface area contributed by atoms with E-state index in [1.54, 1.807) is 18.3 Å². The maximum absolute atomic E-state index is 12.2. The third kappa shape index (κ3) is 4.62. The van der Waals surface area contributed by atoms with E-state index < -0.39 is 9.84 Å². The summed E-state index contributed by atoms with van der Waals surface area (Å²) in [6.45, 7) is 3.20. The Bertz CT molecular complexity index is 1040. The summed E-state index contributed by atoms with van der Waals surface area (Å²) in [4.78, 5) is 16.5. The summed E-state index contributed by atoms with van der Waals surface area (Å²) < 4.78 is 30.2. The second-order valence-electron chi connectivity index (χ2n) is 6.15. The summed E-state index contributed by atoms with van der Waals surface area (Å²) in [6.07, 6.45) is 5.55. The summed E-state index contributed by atoms with van der Waals surface area (Å²) >= 11 is 0. The lowest BCUT2D eigenvalue weighted by Gasteiger charge is -2.05. The van der Waals surface area contributed by atoms with E-state index in [1.165, 1.54) is 18.2 Å². The number of imidazole rings is 1. The van der Waals surface area contributed by atoms with Crippen LogP contribution in [0.25, 0.3) is 11.3 Å². The van der Waals surface area contributed by atoms with Crippen molar-refractivity contribution in [3.63, 3.8) is 0 Å². The zero-order valence-corrected chi connectivity index (χ0v) is 15.9. The standard InChI is InChI=1S/C18H20N4O4S/c1-13-19-9-11-22(13)10-3-8-20-18(23)16-12-17(26-21-16)14-4-6-15(7-5-14)27(2,24)25/h4-7,9,11-12H,3,8,10H2,1-2H3,(H,20,23). The summed E-state index contributed by atoms with van der Waals surface area (Å²) in [7, 11) is -3.26. The number of hydrogen-bond acceptors (Lipinski definition) is 6. The number of nitrogens with one attached hydrogen (secondary N) is 1. The average Bonchev–Trinajstić information content (AvgIpc) is 3.27. The van der Waals surface area contributed by atoms with Crippen LogP contribution in [0, 0.1) is 6.92 Å². The highest BCUT2D eigenvalue weighted by atomic mass is 32.2. The van der Waals surface area contributed by atoms with Gasteiger partial charge in [0.05, 0.1) is 4.90 Å². The number of nitrogens with zero attached hydrogens (tertiary/aromatic N) is 3. The van der Waals surface area contributed by atoms with Crippen molar-refractivity contribution in [2.75, 3.05) is 12.8 Å². The van der Waals surface area contributed by atoms with Crippen LogP contribution in [0.4, 0.5) is 0 Å². The van der Waals surface area contributed by atoms with Gasteiger partial charge in [-0.2, -0.15) is 0 Å². The Balaban J connectivity index is 1.56. The number of hydrogen-bond donors (Lipinski definition) is 1. The van der Waals surface area contributed by atoms with Crippen molar-refractivity contribution in [2.24, 2.45) is 0 Å². The topological polar surface area (TPSA) is 107 Å². The van der Waals surface area contributed by atoms with Crippen molar-refractivity contribution in [1.29, 1.82) is 0 Å². The molecule has 3 rings (SSSR count). The summed E-state index contributed by atoms with van der Waals surface area (Å²) in [5.41, 5.74) is 0.820. The van der Waals surface area contributed by atoms with Crippen LogP contribution in [0.2, 0.25) is 0 Å². The summed E-state index contributed by atoms with van der Waals surface area (Å²) in [6, 6.07) is 7.75. The molecule has 2 aromatic heterocycles. The van der Waals surface area contributed by atoms with Crippen LogP contribution in [0.15, 0.2) is 52.1 Å². The van der Waals surface area contributed by atoms with Crippen LogP contribution >= 0.6 is 0 Å². The minimum Gasteiger partial charge on any atom is -0.355 e. The Morgan fingerprint density at radius 1 is 1.26 bits per heavy atom. The highest BCUT2D eigenvalue weighted by Crippen LogP contribution is 2.22. The molecule has 1 aromatic carbocycles. The predicted molar refractivity (Wildman–Crippen MR) is 99.0 cm³/mol. The molecule has 9 heteroatoms. The molecule has 0 aliphatic carbocycles. The van der Waals surface area contributed by atoms with Gasteiger partial charge in [-0.15, -0.1) is 0 Å². The van der Waals surface area contributed by atoms with Gasteiger partial charge in [0.25, 0.3) is 5.91 Å². The largest absolute Gasteiger partial charge is 0.355 e. The van der Waals surface area contributed by atoms with Gasteiger partial charge < -0.3 is 14.4 Å². The van der Waals surface area contributed by atoms with E-state index in [1.807, 2.05) is 17.7 Å². The molecule has 0 fully saturated rings. The maximum atomic E-state index is 12.2. The smallest absolute Gasteiger partial charge is 0.273 e. The van der Waals surface area contributed by atoms with Crippen LogP contribution < -0.4 is 5.32 Å². The fourth-order valence-electron chi connectivity index (χ4n) is 2.57. The molecule has 0 aliphatic rings. The number of benzene rings is 1. The molecule has 1 N–H and O–H groups in total. The number of carbonyl (C=O) groups excluding carboxylic acids is 1. The summed E-state index contributed by atoms with van der Waals surface area (Å²) in [5.74, 6) is 1.01. The van der Waals surface area contributed by atoms with E-state index in [0.717, 1.165) is 25.0 Å². The first kappa shape index (κ1) is 18.8. The van der Waals surface area contributed by atoms with Crippen LogP contribution in [-0.2, 0) is 16.4 Å². The Kier molecular flexibility index (Phi) is 5.41. The van der Waals surface area contributed by atoms with E-state index in [9.17, 15) is 13.2 Å². The number of sulfone groups is 1. The van der Waals surface area contributed by atoms with Crippen LogP contribution in [-0.4, -0.2) is 41.8 Å². The molecule has 8 nitrogen and oxygen atoms in total. The van der Waals surface area contributed by atoms with Gasteiger partial charge in [-0.25, -0.2) is 13.4 Å². The van der Waals surface area contributed by atoms with Crippen molar-refractivity contribution in [1.82, 2.24) is 20.0 Å². The third-order valence-corrected chi connectivity index (χ3v) is 5.22. The summed E-state index contributed by atoms with van der Waals surface area (Å²) in [5, 5.41) is 6.59. The van der Waals surface area contributed by atoms with Crippen molar-refractivity contribution in [2.45, 2.75) is 24.8 Å². The monoisotopic (exact) mass is 388 g/mol.